The molecule has 2 N–H and O–H groups in total. The van der Waals surface area contributed by atoms with Gasteiger partial charge >= 0.3 is 0 Å². The first-order chi connectivity index (χ1) is 27.6. The maximum atomic E-state index is 13.4. The monoisotopic (exact) mass is 812 g/mol. The number of hydrogen-bond donors (Lipinski definition) is 2. The fourth-order valence-corrected chi connectivity index (χ4v) is 12.1. The average molecular weight is 813 g/mol. The molecule has 6 aromatic heterocycles. The van der Waals surface area contributed by atoms with E-state index in [1.54, 1.807) is 27.6 Å². The van der Waals surface area contributed by atoms with Crippen LogP contribution < -0.4 is 0 Å². The highest BCUT2D eigenvalue weighted by Gasteiger charge is 2.55. The van der Waals surface area contributed by atoms with E-state index in [1.165, 1.54) is 19.7 Å². The van der Waals surface area contributed by atoms with Crippen LogP contribution in [0.1, 0.15) is 26.2 Å². The first kappa shape index (κ1) is 38.3. The van der Waals surface area contributed by atoms with E-state index >= 15 is 0 Å². The van der Waals surface area contributed by atoms with E-state index in [1.807, 2.05) is 46.6 Å². The molecule has 2 atom stereocenters. The predicted molar refractivity (Wildman–Crippen MR) is 212 cm³/mol. The zero-order chi connectivity index (χ0) is 39.8. The van der Waals surface area contributed by atoms with E-state index in [0.717, 1.165) is 57.4 Å². The molecule has 21 heteroatoms. The lowest BCUT2D eigenvalue weighted by molar-refractivity contribution is 0.0748. The molecule has 6 aromatic rings. The van der Waals surface area contributed by atoms with Crippen LogP contribution in [0.4, 0.5) is 4.39 Å². The lowest BCUT2D eigenvalue weighted by Gasteiger charge is -2.49. The van der Waals surface area contributed by atoms with Crippen LogP contribution in [0.3, 0.4) is 0 Å². The number of nitriles is 1. The van der Waals surface area contributed by atoms with Gasteiger partial charge in [-0.15, -0.1) is 0 Å². The number of fused-ring (bicyclic) bond motifs is 2. The topological polar surface area (TPSA) is 212 Å². The fraction of sp³-hybridized carbons (Fsp3) is 0.444. The largest absolute Gasteiger partial charge is 0.346 e. The van der Waals surface area contributed by atoms with E-state index in [4.69, 9.17) is 6.57 Å². The van der Waals surface area contributed by atoms with Gasteiger partial charge in [0, 0.05) is 86.5 Å². The van der Waals surface area contributed by atoms with Crippen LogP contribution in [0.2, 0.25) is 0 Å². The third kappa shape index (κ3) is 6.73. The Morgan fingerprint density at radius 3 is 1.98 bits per heavy atom. The average Bonchev–Trinajstić information content (AvgIpc) is 3.62. The first-order valence-corrected chi connectivity index (χ1v) is 21.6. The van der Waals surface area contributed by atoms with Crippen molar-refractivity contribution in [3.8, 4) is 28.6 Å². The van der Waals surface area contributed by atoms with Crippen molar-refractivity contribution in [3.05, 3.63) is 73.4 Å². The Morgan fingerprint density at radius 1 is 0.930 bits per heavy atom. The number of H-pyrrole nitrogens is 2. The van der Waals surface area contributed by atoms with Gasteiger partial charge in [0.15, 0.2) is 5.54 Å². The number of rotatable bonds is 12. The van der Waals surface area contributed by atoms with Gasteiger partial charge in [-0.25, -0.2) is 52.3 Å². The summed E-state index contributed by atoms with van der Waals surface area (Å²) in [5.41, 5.74) is 3.62. The predicted octanol–water partition coefficient (Wildman–Crippen LogP) is 4.05. The molecule has 2 saturated heterocycles. The molecule has 296 valence electrons. The summed E-state index contributed by atoms with van der Waals surface area (Å²) in [5.74, 6) is -0.136. The summed E-state index contributed by atoms with van der Waals surface area (Å²) in [6.07, 6.45) is 16.0. The molecular formula is C36H41FN16O2S2. The van der Waals surface area contributed by atoms with E-state index in [2.05, 4.69) is 59.7 Å². The molecule has 3 aliphatic rings. The summed E-state index contributed by atoms with van der Waals surface area (Å²) in [6.45, 7) is 11.2. The van der Waals surface area contributed by atoms with Gasteiger partial charge < -0.3 is 14.8 Å². The van der Waals surface area contributed by atoms with Gasteiger partial charge in [0.1, 0.15) is 56.0 Å². The molecule has 0 aromatic carbocycles. The van der Waals surface area contributed by atoms with Crippen molar-refractivity contribution in [2.24, 2.45) is 8.73 Å². The van der Waals surface area contributed by atoms with E-state index in [-0.39, 0.29) is 17.4 Å². The van der Waals surface area contributed by atoms with Crippen LogP contribution in [0, 0.1) is 17.9 Å². The summed E-state index contributed by atoms with van der Waals surface area (Å²) < 4.78 is 54.6. The highest BCUT2D eigenvalue weighted by molar-refractivity contribution is 7.92. The number of aromatic amines is 2. The Kier molecular flexibility index (Phi) is 10.1. The molecule has 57 heavy (non-hydrogen) atoms. The number of nitrogens with zero attached hydrogens (tertiary/aromatic N) is 14. The zero-order valence-corrected chi connectivity index (χ0v) is 33.0. The molecule has 0 bridgehead atoms. The number of hydrogen-bond acceptors (Lipinski definition) is 11. The zero-order valence-electron chi connectivity index (χ0n) is 31.4. The lowest BCUT2D eigenvalue weighted by Crippen LogP contribution is -2.66. The van der Waals surface area contributed by atoms with Crippen molar-refractivity contribution < 1.29 is 12.8 Å². The van der Waals surface area contributed by atoms with Gasteiger partial charge in [-0.1, -0.05) is 0 Å². The molecule has 1 saturated carbocycles. The van der Waals surface area contributed by atoms with Crippen LogP contribution in [0.15, 0.2) is 70.7 Å². The van der Waals surface area contributed by atoms with Crippen molar-refractivity contribution in [1.82, 2.24) is 58.1 Å². The van der Waals surface area contributed by atoms with Crippen LogP contribution in [0.5, 0.6) is 0 Å². The number of nitrogens with one attached hydrogen (secondary N) is 2. The second-order valence-corrected chi connectivity index (χ2v) is 19.4. The summed E-state index contributed by atoms with van der Waals surface area (Å²) in [5, 5.41) is 20.3. The van der Waals surface area contributed by atoms with Gasteiger partial charge in [0.25, 0.3) is 0 Å². The molecule has 3 fully saturated rings. The normalized spacial score (nSPS) is 19.5. The molecule has 9 rings (SSSR count). The third-order valence-corrected chi connectivity index (χ3v) is 16.0. The SMILES string of the molecule is CN=S(=O)(CCF)N1CC(CC#N)(n2cc(-c3ncnc4[nH]ccc34)cn2)C1.[C-]#[N+]CC1(n2cc(-c3ncnc4[nH]ccc34)cn2)CN(S(=O)(=NCC)C2CC2)C1. The highest BCUT2D eigenvalue weighted by atomic mass is 32.2. The molecule has 0 radical (unpaired) electrons. The van der Waals surface area contributed by atoms with Gasteiger partial charge in [0.05, 0.1) is 47.3 Å². The molecule has 1 aliphatic carbocycles. The van der Waals surface area contributed by atoms with Crippen LogP contribution in [-0.4, -0.2) is 130 Å². The van der Waals surface area contributed by atoms with Crippen LogP contribution in [-0.2, 0) is 30.9 Å². The maximum absolute atomic E-state index is 13.4. The Labute approximate surface area is 329 Å². The second kappa shape index (κ2) is 15.0. The van der Waals surface area contributed by atoms with Gasteiger partial charge in [-0.05, 0) is 31.9 Å². The molecule has 18 nitrogen and oxygen atoms in total. The summed E-state index contributed by atoms with van der Waals surface area (Å²) >= 11 is 0. The number of alkyl halides is 1. The second-order valence-electron chi connectivity index (χ2n) is 14.3. The molecule has 0 spiro atoms. The third-order valence-electron chi connectivity index (χ3n) is 10.7. The molecule has 0 amide bonds. The lowest BCUT2D eigenvalue weighted by atomic mass is 9.89. The fourth-order valence-electron chi connectivity index (χ4n) is 7.56. The quantitative estimate of drug-likeness (QED) is 0.171. The minimum atomic E-state index is -2.77. The van der Waals surface area contributed by atoms with Gasteiger partial charge in [-0.3, -0.25) is 13.8 Å². The molecular weight excluding hydrogens is 772 g/mol. The summed E-state index contributed by atoms with van der Waals surface area (Å²) in [6, 6.07) is 6.03. The van der Waals surface area contributed by atoms with Gasteiger partial charge in [0.2, 0.25) is 6.54 Å². The van der Waals surface area contributed by atoms with E-state index < -0.39 is 37.6 Å². The van der Waals surface area contributed by atoms with Crippen molar-refractivity contribution in [2.45, 2.75) is 42.5 Å². The van der Waals surface area contributed by atoms with Crippen molar-refractivity contribution in [3.63, 3.8) is 0 Å². The first-order valence-electron chi connectivity index (χ1n) is 18.4. The highest BCUT2D eigenvalue weighted by Crippen LogP contribution is 2.41. The minimum Gasteiger partial charge on any atom is -0.346 e. The Balaban J connectivity index is 0.000000160. The van der Waals surface area contributed by atoms with E-state index in [9.17, 15) is 18.1 Å². The van der Waals surface area contributed by atoms with Gasteiger partial charge in [-0.2, -0.15) is 15.5 Å². The standard InChI is InChI=1S/C19H22N8OS.C17H19FN8OS/c1-3-25-29(28,15-4-5-15)26-11-19(12-26,10-20-2)27-9-14(8-24-27)17-16-6-7-21-18(16)23-13-22-17;1-20-28(27,7-4-18)25-10-17(11-25,3-5-19)26-9-13(8-24-26)15-14-2-6-21-16(14)23-12-22-15/h6-9,13,15H,3-5,10-12H2,1H3,(H,21,22,23);2,6,8-9,12H,3-4,7,10-11H2,1H3,(H,21,22,23). The Morgan fingerprint density at radius 2 is 1.49 bits per heavy atom. The summed E-state index contributed by atoms with van der Waals surface area (Å²) in [4.78, 5) is 27.0. The Hall–Kier alpha value is -5.61. The Bertz CT molecular complexity index is 2760. The smallest absolute Gasteiger partial charge is 0.242 e. The number of halogens is 1. The van der Waals surface area contributed by atoms with Crippen molar-refractivity contribution in [1.29, 1.82) is 5.26 Å². The molecule has 2 aliphatic heterocycles. The van der Waals surface area contributed by atoms with Crippen molar-refractivity contribution in [2.75, 3.05) is 58.7 Å². The van der Waals surface area contributed by atoms with Crippen molar-refractivity contribution >= 4 is 41.9 Å². The van der Waals surface area contributed by atoms with E-state index in [0.29, 0.717) is 39.3 Å². The maximum Gasteiger partial charge on any atom is 0.242 e. The summed E-state index contributed by atoms with van der Waals surface area (Å²) in [7, 11) is -3.70. The molecule has 8 heterocycles. The minimum absolute atomic E-state index is 0.136. The molecule has 2 unspecified atom stereocenters. The van der Waals surface area contributed by atoms with Crippen LogP contribution in [0.25, 0.3) is 49.4 Å². The number of aromatic nitrogens is 10. The van der Waals surface area contributed by atoms with Crippen LogP contribution >= 0.6 is 0 Å².